The van der Waals surface area contributed by atoms with Gasteiger partial charge in [-0.25, -0.2) is 0 Å². The van der Waals surface area contributed by atoms with Crippen molar-refractivity contribution in [3.05, 3.63) is 0 Å². The SMILES string of the molecule is CC(C)C(=O)OCCCC(C)(C)C.CC(C)CC(C)(C)C.CCCCC(C)(C)C. The van der Waals surface area contributed by atoms with Gasteiger partial charge in [0.05, 0.1) is 12.5 Å². The molecule has 2 heteroatoms. The van der Waals surface area contributed by atoms with Gasteiger partial charge in [-0.3, -0.25) is 4.79 Å². The van der Waals surface area contributed by atoms with E-state index in [-0.39, 0.29) is 11.9 Å². The van der Waals surface area contributed by atoms with E-state index in [1.165, 1.54) is 25.7 Å². The number of carbonyl (C=O) groups is 1. The molecule has 178 valence electrons. The number of esters is 1. The van der Waals surface area contributed by atoms with Crippen molar-refractivity contribution in [2.24, 2.45) is 28.1 Å². The number of carbonyl (C=O) groups excluding carboxylic acids is 1. The first kappa shape index (κ1) is 33.1. The molecule has 0 radical (unpaired) electrons. The van der Waals surface area contributed by atoms with Crippen LogP contribution >= 0.6 is 0 Å². The maximum atomic E-state index is 11.0. The summed E-state index contributed by atoms with van der Waals surface area (Å²) in [5.41, 5.74) is 1.41. The van der Waals surface area contributed by atoms with E-state index in [9.17, 15) is 4.79 Å². The maximum Gasteiger partial charge on any atom is 0.308 e. The maximum absolute atomic E-state index is 11.0. The van der Waals surface area contributed by atoms with Crippen LogP contribution in [-0.4, -0.2) is 12.6 Å². The van der Waals surface area contributed by atoms with Crippen molar-refractivity contribution in [1.82, 2.24) is 0 Å². The Bertz CT molecular complexity index is 373. The Kier molecular flexibility index (Phi) is 18.5. The Hall–Kier alpha value is -0.530. The van der Waals surface area contributed by atoms with Gasteiger partial charge in [0, 0.05) is 0 Å². The summed E-state index contributed by atoms with van der Waals surface area (Å²) in [6.07, 6.45) is 7.46. The molecule has 2 nitrogen and oxygen atoms in total. The van der Waals surface area contributed by atoms with Crippen molar-refractivity contribution in [3.63, 3.8) is 0 Å². The minimum atomic E-state index is -0.0890. The van der Waals surface area contributed by atoms with E-state index in [4.69, 9.17) is 4.74 Å². The Morgan fingerprint density at radius 1 is 0.724 bits per heavy atom. The summed E-state index contributed by atoms with van der Waals surface area (Å²) in [7, 11) is 0. The summed E-state index contributed by atoms with van der Waals surface area (Å²) >= 11 is 0. The Labute approximate surface area is 186 Å². The van der Waals surface area contributed by atoms with Crippen LogP contribution in [-0.2, 0) is 9.53 Å². The van der Waals surface area contributed by atoms with Crippen molar-refractivity contribution < 1.29 is 9.53 Å². The van der Waals surface area contributed by atoms with Crippen molar-refractivity contribution >= 4 is 5.97 Å². The molecule has 0 aromatic carbocycles. The summed E-state index contributed by atoms with van der Waals surface area (Å²) in [4.78, 5) is 11.0. The van der Waals surface area contributed by atoms with Gasteiger partial charge in [0.15, 0.2) is 0 Å². The number of rotatable bonds is 7. The van der Waals surface area contributed by atoms with Crippen LogP contribution in [0.3, 0.4) is 0 Å². The molecule has 0 fully saturated rings. The zero-order chi connectivity index (χ0) is 23.9. The van der Waals surface area contributed by atoms with Crippen LogP contribution in [0.5, 0.6) is 0 Å². The Balaban J connectivity index is -0.000000368. The van der Waals surface area contributed by atoms with Crippen molar-refractivity contribution in [1.29, 1.82) is 0 Å². The molecule has 0 heterocycles. The van der Waals surface area contributed by atoms with E-state index in [1.807, 2.05) is 13.8 Å². The van der Waals surface area contributed by atoms with Crippen LogP contribution in [0.15, 0.2) is 0 Å². The van der Waals surface area contributed by atoms with E-state index in [0.717, 1.165) is 18.8 Å². The topological polar surface area (TPSA) is 26.3 Å². The van der Waals surface area contributed by atoms with Crippen LogP contribution in [0.1, 0.15) is 135 Å². The van der Waals surface area contributed by atoms with Gasteiger partial charge in [-0.1, -0.05) is 110 Å². The highest BCUT2D eigenvalue weighted by Crippen LogP contribution is 2.23. The molecule has 0 unspecified atom stereocenters. The summed E-state index contributed by atoms with van der Waals surface area (Å²) in [5, 5.41) is 0. The lowest BCUT2D eigenvalue weighted by molar-refractivity contribution is -0.147. The largest absolute Gasteiger partial charge is 0.465 e. The molecule has 0 saturated carbocycles. The van der Waals surface area contributed by atoms with E-state index in [1.54, 1.807) is 0 Å². The van der Waals surface area contributed by atoms with E-state index >= 15 is 0 Å². The standard InChI is InChI=1S/C11H22O2.2C8H18/c1-9(2)10(12)13-8-6-7-11(3,4)5;1-7(2)6-8(3,4)5;1-5-6-7-8(2,3)4/h9H,6-8H2,1-5H3;7H,6H2,1-5H3;5-7H2,1-4H3. The van der Waals surface area contributed by atoms with Crippen molar-refractivity contribution in [2.45, 2.75) is 135 Å². The van der Waals surface area contributed by atoms with Crippen LogP contribution in [0.2, 0.25) is 0 Å². The van der Waals surface area contributed by atoms with Gasteiger partial charge in [0.1, 0.15) is 0 Å². The van der Waals surface area contributed by atoms with E-state index in [0.29, 0.717) is 22.9 Å². The normalized spacial score (nSPS) is 12.1. The summed E-state index contributed by atoms with van der Waals surface area (Å²) in [5.74, 6) is 0.749. The number of ether oxygens (including phenoxy) is 1. The van der Waals surface area contributed by atoms with Crippen LogP contribution in [0, 0.1) is 28.1 Å². The van der Waals surface area contributed by atoms with Gasteiger partial charge < -0.3 is 4.74 Å². The third-order valence-corrected chi connectivity index (χ3v) is 4.09. The quantitative estimate of drug-likeness (QED) is 0.306. The van der Waals surface area contributed by atoms with Crippen molar-refractivity contribution in [2.75, 3.05) is 6.61 Å². The molecule has 0 aliphatic carbocycles. The average Bonchev–Trinajstić information content (AvgIpc) is 2.46. The molecule has 0 aromatic heterocycles. The molecule has 0 amide bonds. The molecule has 0 aromatic rings. The zero-order valence-electron chi connectivity index (χ0n) is 22.9. The third-order valence-electron chi connectivity index (χ3n) is 4.09. The first-order valence-corrected chi connectivity index (χ1v) is 12.0. The summed E-state index contributed by atoms with van der Waals surface area (Å²) < 4.78 is 5.06. The van der Waals surface area contributed by atoms with E-state index < -0.39 is 0 Å². The summed E-state index contributed by atoms with van der Waals surface area (Å²) in [6, 6.07) is 0. The van der Waals surface area contributed by atoms with Gasteiger partial charge in [-0.05, 0) is 47.8 Å². The van der Waals surface area contributed by atoms with Gasteiger partial charge >= 0.3 is 5.97 Å². The number of hydrogen-bond donors (Lipinski definition) is 0. The lowest BCUT2D eigenvalue weighted by Crippen LogP contribution is -2.14. The van der Waals surface area contributed by atoms with Gasteiger partial charge in [-0.2, -0.15) is 0 Å². The fourth-order valence-corrected chi connectivity index (χ4v) is 2.87. The fourth-order valence-electron chi connectivity index (χ4n) is 2.87. The molecule has 0 saturated heterocycles. The molecule has 0 atom stereocenters. The molecule has 0 bridgehead atoms. The minimum Gasteiger partial charge on any atom is -0.465 e. The number of hydrogen-bond acceptors (Lipinski definition) is 2. The highest BCUT2D eigenvalue weighted by molar-refractivity contribution is 5.71. The molecule has 0 N–H and O–H groups in total. The predicted octanol–water partition coefficient (Wildman–Crippen LogP) is 9.31. The average molecular weight is 415 g/mol. The first-order chi connectivity index (χ1) is 12.8. The number of unbranched alkanes of at least 4 members (excludes halogenated alkanes) is 1. The Morgan fingerprint density at radius 3 is 1.34 bits per heavy atom. The lowest BCUT2D eigenvalue weighted by atomic mass is 9.86. The van der Waals surface area contributed by atoms with Crippen molar-refractivity contribution in [3.8, 4) is 0 Å². The molecule has 0 rings (SSSR count). The van der Waals surface area contributed by atoms with Crippen LogP contribution in [0.4, 0.5) is 0 Å². The zero-order valence-corrected chi connectivity index (χ0v) is 22.9. The lowest BCUT2D eigenvalue weighted by Gasteiger charge is -2.19. The van der Waals surface area contributed by atoms with Crippen LogP contribution in [0.25, 0.3) is 0 Å². The Morgan fingerprint density at radius 2 is 1.14 bits per heavy atom. The van der Waals surface area contributed by atoms with E-state index in [2.05, 4.69) is 83.1 Å². The molecular formula is C27H58O2. The summed E-state index contributed by atoms with van der Waals surface area (Å²) in [6.45, 7) is 31.4. The molecular weight excluding hydrogens is 356 g/mol. The highest BCUT2D eigenvalue weighted by Gasteiger charge is 2.12. The highest BCUT2D eigenvalue weighted by atomic mass is 16.5. The second kappa shape index (κ2) is 16.2. The second-order valence-corrected chi connectivity index (χ2v) is 12.8. The second-order valence-electron chi connectivity index (χ2n) is 12.8. The van der Waals surface area contributed by atoms with Gasteiger partial charge in [0.2, 0.25) is 0 Å². The first-order valence-electron chi connectivity index (χ1n) is 12.0. The molecule has 0 aliphatic heterocycles. The van der Waals surface area contributed by atoms with Crippen LogP contribution < -0.4 is 0 Å². The molecule has 0 aliphatic rings. The molecule has 0 spiro atoms. The molecule has 29 heavy (non-hydrogen) atoms. The third kappa shape index (κ3) is 38.7. The monoisotopic (exact) mass is 414 g/mol. The smallest absolute Gasteiger partial charge is 0.308 e. The predicted molar refractivity (Wildman–Crippen MR) is 132 cm³/mol. The van der Waals surface area contributed by atoms with Gasteiger partial charge in [0.25, 0.3) is 0 Å². The van der Waals surface area contributed by atoms with Gasteiger partial charge in [-0.15, -0.1) is 0 Å². The minimum absolute atomic E-state index is 0.00497. The fraction of sp³-hybridized carbons (Fsp3) is 0.963.